The molecule has 2 heteroatoms. The largest absolute Gasteiger partial charge is 0.314 e. The lowest BCUT2D eigenvalue weighted by atomic mass is 9.80. The molecule has 1 N–H and O–H groups in total. The first-order chi connectivity index (χ1) is 7.10. The second-order valence-corrected chi connectivity index (χ2v) is 5.14. The molecule has 0 aliphatic carbocycles. The molecule has 2 unspecified atom stereocenters. The first-order valence-electron chi connectivity index (χ1n) is 6.52. The Labute approximate surface area is 93.8 Å². The van der Waals surface area contributed by atoms with Crippen LogP contribution in [-0.2, 0) is 0 Å². The summed E-state index contributed by atoms with van der Waals surface area (Å²) < 4.78 is 14.5. The zero-order valence-electron chi connectivity index (χ0n) is 10.5. The standard InChI is InChI=1S/C13H26FN/c1-4-11(5-2)13(3,14)10-12-8-6-7-9-15-12/h11-12,15H,4-10H2,1-3H3. The van der Waals surface area contributed by atoms with Gasteiger partial charge in [0.15, 0.2) is 0 Å². The molecule has 0 aromatic rings. The van der Waals surface area contributed by atoms with E-state index in [1.54, 1.807) is 6.92 Å². The highest BCUT2D eigenvalue weighted by Gasteiger charge is 2.34. The fraction of sp³-hybridized carbons (Fsp3) is 1.00. The van der Waals surface area contributed by atoms with E-state index in [0.29, 0.717) is 12.5 Å². The second-order valence-electron chi connectivity index (χ2n) is 5.14. The average molecular weight is 215 g/mol. The van der Waals surface area contributed by atoms with Gasteiger partial charge in [0, 0.05) is 6.04 Å². The number of piperidine rings is 1. The van der Waals surface area contributed by atoms with Gasteiger partial charge >= 0.3 is 0 Å². The molecule has 0 bridgehead atoms. The van der Waals surface area contributed by atoms with Crippen molar-refractivity contribution in [1.82, 2.24) is 5.32 Å². The zero-order chi connectivity index (χ0) is 11.3. The first kappa shape index (κ1) is 13.0. The summed E-state index contributed by atoms with van der Waals surface area (Å²) in [6.45, 7) is 7.06. The number of rotatable bonds is 5. The Morgan fingerprint density at radius 3 is 2.47 bits per heavy atom. The third-order valence-corrected chi connectivity index (χ3v) is 3.89. The minimum atomic E-state index is -0.988. The predicted molar refractivity (Wildman–Crippen MR) is 63.8 cm³/mol. The topological polar surface area (TPSA) is 12.0 Å². The van der Waals surface area contributed by atoms with E-state index in [9.17, 15) is 4.39 Å². The summed E-state index contributed by atoms with van der Waals surface area (Å²) in [5, 5.41) is 3.44. The molecule has 0 aromatic carbocycles. The number of halogens is 1. The van der Waals surface area contributed by atoms with E-state index in [-0.39, 0.29) is 5.92 Å². The van der Waals surface area contributed by atoms with Crippen molar-refractivity contribution >= 4 is 0 Å². The monoisotopic (exact) mass is 215 g/mol. The molecule has 90 valence electrons. The van der Waals surface area contributed by atoms with E-state index in [0.717, 1.165) is 25.8 Å². The predicted octanol–water partition coefficient (Wildman–Crippen LogP) is 3.68. The Balaban J connectivity index is 2.45. The maximum absolute atomic E-state index is 14.5. The number of nitrogens with one attached hydrogen (secondary N) is 1. The van der Waals surface area contributed by atoms with Gasteiger partial charge in [-0.05, 0) is 38.6 Å². The van der Waals surface area contributed by atoms with Gasteiger partial charge in [0.05, 0.1) is 0 Å². The highest BCUT2D eigenvalue weighted by atomic mass is 19.1. The van der Waals surface area contributed by atoms with Crippen molar-refractivity contribution in [1.29, 1.82) is 0 Å². The fourth-order valence-electron chi connectivity index (χ4n) is 2.89. The highest BCUT2D eigenvalue weighted by Crippen LogP contribution is 2.33. The van der Waals surface area contributed by atoms with Crippen LogP contribution in [0.4, 0.5) is 4.39 Å². The van der Waals surface area contributed by atoms with Crippen molar-refractivity contribution in [3.63, 3.8) is 0 Å². The van der Waals surface area contributed by atoms with Crippen molar-refractivity contribution in [3.05, 3.63) is 0 Å². The molecule has 2 atom stereocenters. The second kappa shape index (κ2) is 5.83. The maximum atomic E-state index is 14.5. The fourth-order valence-corrected chi connectivity index (χ4v) is 2.89. The molecule has 0 aromatic heterocycles. The van der Waals surface area contributed by atoms with Crippen LogP contribution >= 0.6 is 0 Å². The lowest BCUT2D eigenvalue weighted by molar-refractivity contribution is 0.0682. The summed E-state index contributed by atoms with van der Waals surface area (Å²) in [7, 11) is 0. The third-order valence-electron chi connectivity index (χ3n) is 3.89. The zero-order valence-corrected chi connectivity index (χ0v) is 10.5. The molecule has 1 saturated heterocycles. The number of alkyl halides is 1. The molecule has 1 aliphatic heterocycles. The minimum absolute atomic E-state index is 0.223. The van der Waals surface area contributed by atoms with Crippen LogP contribution < -0.4 is 5.32 Å². The van der Waals surface area contributed by atoms with Crippen molar-refractivity contribution in [2.24, 2.45) is 5.92 Å². The smallest absolute Gasteiger partial charge is 0.112 e. The quantitative estimate of drug-likeness (QED) is 0.737. The van der Waals surface area contributed by atoms with Gasteiger partial charge in [-0.3, -0.25) is 0 Å². The molecule has 0 saturated carbocycles. The number of hydrogen-bond acceptors (Lipinski definition) is 1. The lowest BCUT2D eigenvalue weighted by Crippen LogP contribution is -2.42. The van der Waals surface area contributed by atoms with Crippen LogP contribution in [-0.4, -0.2) is 18.3 Å². The van der Waals surface area contributed by atoms with Crippen molar-refractivity contribution in [2.75, 3.05) is 6.54 Å². The SMILES string of the molecule is CCC(CC)C(C)(F)CC1CCCCN1. The van der Waals surface area contributed by atoms with E-state index >= 15 is 0 Å². The Kier molecular flexibility index (Phi) is 5.04. The van der Waals surface area contributed by atoms with Crippen LogP contribution in [0.1, 0.15) is 59.3 Å². The van der Waals surface area contributed by atoms with Crippen LogP contribution in [0.5, 0.6) is 0 Å². The average Bonchev–Trinajstić information content (AvgIpc) is 2.19. The molecule has 0 radical (unpaired) electrons. The highest BCUT2D eigenvalue weighted by molar-refractivity contribution is 4.87. The van der Waals surface area contributed by atoms with Gasteiger partial charge in [0.25, 0.3) is 0 Å². The Morgan fingerprint density at radius 1 is 1.33 bits per heavy atom. The Bertz CT molecular complexity index is 169. The minimum Gasteiger partial charge on any atom is -0.314 e. The lowest BCUT2D eigenvalue weighted by Gasteiger charge is -2.34. The van der Waals surface area contributed by atoms with E-state index in [2.05, 4.69) is 19.2 Å². The van der Waals surface area contributed by atoms with Gasteiger partial charge in [-0.25, -0.2) is 4.39 Å². The summed E-state index contributed by atoms with van der Waals surface area (Å²) in [5.74, 6) is 0.223. The maximum Gasteiger partial charge on any atom is 0.112 e. The van der Waals surface area contributed by atoms with E-state index in [1.807, 2.05) is 0 Å². The van der Waals surface area contributed by atoms with E-state index in [4.69, 9.17) is 0 Å². The van der Waals surface area contributed by atoms with Gasteiger partial charge < -0.3 is 5.32 Å². The normalized spacial score (nSPS) is 26.6. The molecular weight excluding hydrogens is 189 g/mol. The van der Waals surface area contributed by atoms with Crippen molar-refractivity contribution in [2.45, 2.75) is 71.0 Å². The Hall–Kier alpha value is -0.110. The number of hydrogen-bond donors (Lipinski definition) is 1. The molecule has 15 heavy (non-hydrogen) atoms. The molecule has 1 heterocycles. The summed E-state index contributed by atoms with van der Waals surface area (Å²) in [6.07, 6.45) is 6.27. The summed E-state index contributed by atoms with van der Waals surface area (Å²) in [5.41, 5.74) is -0.988. The van der Waals surface area contributed by atoms with Crippen LogP contribution in [0, 0.1) is 5.92 Å². The molecule has 1 aliphatic rings. The third kappa shape index (κ3) is 3.75. The summed E-state index contributed by atoms with van der Waals surface area (Å²) in [4.78, 5) is 0. The van der Waals surface area contributed by atoms with Crippen LogP contribution in [0.3, 0.4) is 0 Å². The van der Waals surface area contributed by atoms with Crippen LogP contribution in [0.15, 0.2) is 0 Å². The summed E-state index contributed by atoms with van der Waals surface area (Å²) in [6, 6.07) is 0.411. The van der Waals surface area contributed by atoms with E-state index < -0.39 is 5.67 Å². The molecule has 0 spiro atoms. The van der Waals surface area contributed by atoms with Gasteiger partial charge in [-0.15, -0.1) is 0 Å². The van der Waals surface area contributed by atoms with Crippen molar-refractivity contribution in [3.8, 4) is 0 Å². The van der Waals surface area contributed by atoms with Crippen LogP contribution in [0.2, 0.25) is 0 Å². The molecule has 0 amide bonds. The van der Waals surface area contributed by atoms with Crippen LogP contribution in [0.25, 0.3) is 0 Å². The van der Waals surface area contributed by atoms with E-state index in [1.165, 1.54) is 12.8 Å². The first-order valence-corrected chi connectivity index (χ1v) is 6.52. The van der Waals surface area contributed by atoms with Gasteiger partial charge in [-0.1, -0.05) is 33.1 Å². The summed E-state index contributed by atoms with van der Waals surface area (Å²) >= 11 is 0. The molecule has 1 fully saturated rings. The molecule has 1 nitrogen and oxygen atoms in total. The van der Waals surface area contributed by atoms with Crippen molar-refractivity contribution < 1.29 is 4.39 Å². The van der Waals surface area contributed by atoms with Gasteiger partial charge in [0.2, 0.25) is 0 Å². The Morgan fingerprint density at radius 2 is 2.00 bits per heavy atom. The van der Waals surface area contributed by atoms with Gasteiger partial charge in [-0.2, -0.15) is 0 Å². The molecule has 1 rings (SSSR count). The van der Waals surface area contributed by atoms with Gasteiger partial charge in [0.1, 0.15) is 5.67 Å². The molecular formula is C13H26FN.